The molecule has 0 atom stereocenters. The zero-order valence-electron chi connectivity index (χ0n) is 12.2. The average Bonchev–Trinajstić information content (AvgIpc) is 3.01. The van der Waals surface area contributed by atoms with Crippen LogP contribution in [0.2, 0.25) is 0 Å². The second-order valence-corrected chi connectivity index (χ2v) is 4.97. The van der Waals surface area contributed by atoms with Crippen molar-refractivity contribution in [3.05, 3.63) is 16.6 Å². The molecule has 0 unspecified atom stereocenters. The van der Waals surface area contributed by atoms with Gasteiger partial charge in [0.1, 0.15) is 0 Å². The van der Waals surface area contributed by atoms with Crippen molar-refractivity contribution in [3.8, 4) is 0 Å². The molecule has 114 valence electrons. The quantitative estimate of drug-likeness (QED) is 0.492. The predicted molar refractivity (Wildman–Crippen MR) is 85.5 cm³/mol. The molecule has 4 N–H and O–H groups in total. The number of hydrazine groups is 1. The highest BCUT2D eigenvalue weighted by Gasteiger charge is 2.10. The van der Waals surface area contributed by atoms with Crippen LogP contribution in [0.1, 0.15) is 19.5 Å². The van der Waals surface area contributed by atoms with Crippen molar-refractivity contribution in [2.24, 2.45) is 5.84 Å². The lowest BCUT2D eigenvalue weighted by molar-refractivity contribution is 0.810. The molecule has 0 saturated heterocycles. The van der Waals surface area contributed by atoms with Crippen molar-refractivity contribution < 1.29 is 0 Å². The van der Waals surface area contributed by atoms with E-state index in [4.69, 9.17) is 5.84 Å². The van der Waals surface area contributed by atoms with E-state index in [1.165, 1.54) is 0 Å². The molecule has 2 aromatic heterocycles. The van der Waals surface area contributed by atoms with Crippen LogP contribution in [0, 0.1) is 0 Å². The predicted octanol–water partition coefficient (Wildman–Crippen LogP) is 1.11. The fourth-order valence-corrected chi connectivity index (χ4v) is 2.41. The molecule has 0 bridgehead atoms. The van der Waals surface area contributed by atoms with E-state index in [-0.39, 0.29) is 0 Å². The summed E-state index contributed by atoms with van der Waals surface area (Å²) in [6.07, 6.45) is 0.821. The van der Waals surface area contributed by atoms with Crippen LogP contribution in [0.5, 0.6) is 0 Å². The zero-order valence-corrected chi connectivity index (χ0v) is 13.0. The molecule has 2 aromatic rings. The molecule has 8 nitrogen and oxygen atoms in total. The Kier molecular flexibility index (Phi) is 5.64. The molecule has 0 aliphatic heterocycles. The van der Waals surface area contributed by atoms with Crippen molar-refractivity contribution in [3.63, 3.8) is 0 Å². The molecule has 0 radical (unpaired) electrons. The van der Waals surface area contributed by atoms with E-state index in [0.717, 1.165) is 25.2 Å². The van der Waals surface area contributed by atoms with Crippen LogP contribution in [0.25, 0.3) is 0 Å². The first-order chi connectivity index (χ1) is 10.3. The zero-order chi connectivity index (χ0) is 15.1. The number of aromatic nitrogens is 4. The number of nitrogen functional groups attached to an aromatic ring is 1. The molecular weight excluding hydrogens is 288 g/mol. The number of rotatable bonds is 8. The van der Waals surface area contributed by atoms with Crippen LogP contribution >= 0.6 is 11.3 Å². The second kappa shape index (κ2) is 7.70. The van der Waals surface area contributed by atoms with Gasteiger partial charge in [0.05, 0.1) is 11.2 Å². The highest BCUT2D eigenvalue weighted by molar-refractivity contribution is 7.07. The number of nitrogens with zero attached hydrogens (tertiary/aromatic N) is 5. The maximum atomic E-state index is 5.42. The molecule has 0 spiro atoms. The van der Waals surface area contributed by atoms with Gasteiger partial charge in [0.15, 0.2) is 0 Å². The molecule has 21 heavy (non-hydrogen) atoms. The summed E-state index contributed by atoms with van der Waals surface area (Å²) in [5, 5.41) is 5.21. The van der Waals surface area contributed by atoms with Gasteiger partial charge in [0.2, 0.25) is 17.8 Å². The van der Waals surface area contributed by atoms with Gasteiger partial charge in [-0.3, -0.25) is 5.43 Å². The Hall–Kier alpha value is -2.00. The molecule has 0 saturated carbocycles. The highest BCUT2D eigenvalue weighted by Crippen LogP contribution is 2.13. The summed E-state index contributed by atoms with van der Waals surface area (Å²) in [5.74, 6) is 6.89. The van der Waals surface area contributed by atoms with Crippen LogP contribution in [0.4, 0.5) is 17.8 Å². The van der Waals surface area contributed by atoms with Gasteiger partial charge >= 0.3 is 0 Å². The topological polar surface area (TPSA) is 105 Å². The average molecular weight is 308 g/mol. The third-order valence-electron chi connectivity index (χ3n) is 2.95. The van der Waals surface area contributed by atoms with Crippen LogP contribution < -0.4 is 21.5 Å². The molecule has 0 aliphatic carbocycles. The summed E-state index contributed by atoms with van der Waals surface area (Å²) in [4.78, 5) is 19.2. The maximum Gasteiger partial charge on any atom is 0.243 e. The van der Waals surface area contributed by atoms with Gasteiger partial charge in [-0.25, -0.2) is 10.8 Å². The van der Waals surface area contributed by atoms with Crippen molar-refractivity contribution in [2.45, 2.75) is 20.3 Å². The van der Waals surface area contributed by atoms with Gasteiger partial charge in [-0.05, 0) is 13.8 Å². The number of nitrogens with one attached hydrogen (secondary N) is 2. The van der Waals surface area contributed by atoms with Crippen molar-refractivity contribution in [1.29, 1.82) is 0 Å². The smallest absolute Gasteiger partial charge is 0.243 e. The monoisotopic (exact) mass is 308 g/mol. The Morgan fingerprint density at radius 3 is 2.57 bits per heavy atom. The molecule has 0 fully saturated rings. The Morgan fingerprint density at radius 2 is 1.95 bits per heavy atom. The first-order valence-electron chi connectivity index (χ1n) is 6.85. The Labute approximate surface area is 127 Å². The first kappa shape index (κ1) is 15.4. The van der Waals surface area contributed by atoms with Crippen LogP contribution in [-0.4, -0.2) is 39.6 Å². The molecule has 0 aromatic carbocycles. The van der Waals surface area contributed by atoms with Gasteiger partial charge in [-0.1, -0.05) is 0 Å². The minimum Gasteiger partial charge on any atom is -0.354 e. The van der Waals surface area contributed by atoms with Crippen LogP contribution in [-0.2, 0) is 6.42 Å². The van der Waals surface area contributed by atoms with Gasteiger partial charge in [0, 0.05) is 31.4 Å². The number of thiazole rings is 1. The fraction of sp³-hybridized carbons (Fsp3) is 0.500. The SMILES string of the molecule is CCN(CC)c1nc(NN)nc(NCCc2cscn2)n1. The summed E-state index contributed by atoms with van der Waals surface area (Å²) < 4.78 is 0. The molecule has 0 aliphatic rings. The first-order valence-corrected chi connectivity index (χ1v) is 7.79. The van der Waals surface area contributed by atoms with E-state index in [1.54, 1.807) is 11.3 Å². The minimum absolute atomic E-state index is 0.350. The molecule has 2 rings (SSSR count). The van der Waals surface area contributed by atoms with Gasteiger partial charge in [-0.15, -0.1) is 11.3 Å². The Balaban J connectivity index is 2.05. The summed E-state index contributed by atoms with van der Waals surface area (Å²) in [5.41, 5.74) is 5.36. The number of anilines is 3. The fourth-order valence-electron chi connectivity index (χ4n) is 1.82. The number of hydrogen-bond acceptors (Lipinski definition) is 9. The van der Waals surface area contributed by atoms with E-state index < -0.39 is 0 Å². The molecular formula is C12H20N8S. The summed E-state index contributed by atoms with van der Waals surface area (Å²) >= 11 is 1.59. The largest absolute Gasteiger partial charge is 0.354 e. The van der Waals surface area contributed by atoms with Crippen molar-refractivity contribution >= 4 is 29.2 Å². The molecule has 0 amide bonds. The van der Waals surface area contributed by atoms with Gasteiger partial charge in [-0.2, -0.15) is 15.0 Å². The standard InChI is InChI=1S/C12H20N8S/c1-3-20(4-2)12-17-10(16-11(18-12)19-13)14-6-5-9-7-21-8-15-9/h7-8H,3-6,13H2,1-2H3,(H2,14,16,17,18,19). The van der Waals surface area contributed by atoms with Crippen LogP contribution in [0.3, 0.4) is 0 Å². The van der Waals surface area contributed by atoms with E-state index in [2.05, 4.69) is 44.5 Å². The van der Waals surface area contributed by atoms with Crippen molar-refractivity contribution in [1.82, 2.24) is 19.9 Å². The third kappa shape index (κ3) is 4.23. The van der Waals surface area contributed by atoms with Gasteiger partial charge < -0.3 is 10.2 Å². The van der Waals surface area contributed by atoms with E-state index in [9.17, 15) is 0 Å². The lowest BCUT2D eigenvalue weighted by Crippen LogP contribution is -2.26. The molecule has 2 heterocycles. The van der Waals surface area contributed by atoms with Gasteiger partial charge in [0.25, 0.3) is 0 Å². The Morgan fingerprint density at radius 1 is 1.19 bits per heavy atom. The number of hydrogen-bond donors (Lipinski definition) is 3. The summed E-state index contributed by atoms with van der Waals surface area (Å²) in [6.45, 7) is 6.46. The molecule has 9 heteroatoms. The lowest BCUT2D eigenvalue weighted by atomic mass is 10.3. The summed E-state index contributed by atoms with van der Waals surface area (Å²) in [7, 11) is 0. The second-order valence-electron chi connectivity index (χ2n) is 4.26. The maximum absolute atomic E-state index is 5.42. The van der Waals surface area contributed by atoms with Crippen LogP contribution in [0.15, 0.2) is 10.9 Å². The van der Waals surface area contributed by atoms with E-state index in [0.29, 0.717) is 24.4 Å². The Bertz CT molecular complexity index is 540. The highest BCUT2D eigenvalue weighted by atomic mass is 32.1. The third-order valence-corrected chi connectivity index (χ3v) is 3.58. The number of nitrogens with two attached hydrogens (primary N) is 1. The van der Waals surface area contributed by atoms with E-state index >= 15 is 0 Å². The summed E-state index contributed by atoms with van der Waals surface area (Å²) in [6, 6.07) is 0. The normalized spacial score (nSPS) is 10.4. The van der Waals surface area contributed by atoms with Crippen molar-refractivity contribution in [2.75, 3.05) is 35.3 Å². The van der Waals surface area contributed by atoms with E-state index in [1.807, 2.05) is 15.8 Å². The lowest BCUT2D eigenvalue weighted by Gasteiger charge is -2.19. The minimum atomic E-state index is 0.350.